The Balaban J connectivity index is 1.95. The second-order valence-electron chi connectivity index (χ2n) is 5.56. The van der Waals surface area contributed by atoms with Gasteiger partial charge in [0.2, 0.25) is 5.91 Å². The normalized spacial score (nSPS) is 22.7. The van der Waals surface area contributed by atoms with Crippen molar-refractivity contribution >= 4 is 11.9 Å². The standard InChI is InChI=1S/C16H21NO4/c18-10-12(9-11-5-2-1-3-6-11)17-15(19)13-7-4-8-14(13)16(20)21/h1-3,5-6,12-14,18H,4,7-10H2,(H,17,19)(H,20,21)/t12?,13-,14+/m1/s1. The number of rotatable bonds is 6. The van der Waals surface area contributed by atoms with E-state index < -0.39 is 17.8 Å². The summed E-state index contributed by atoms with van der Waals surface area (Å²) in [4.78, 5) is 23.4. The number of carboxylic acids is 1. The molecule has 1 saturated carbocycles. The van der Waals surface area contributed by atoms with Gasteiger partial charge >= 0.3 is 5.97 Å². The molecule has 0 radical (unpaired) electrons. The number of aliphatic carboxylic acids is 1. The van der Waals surface area contributed by atoms with Crippen molar-refractivity contribution in [1.82, 2.24) is 5.32 Å². The van der Waals surface area contributed by atoms with Crippen molar-refractivity contribution in [3.8, 4) is 0 Å². The third kappa shape index (κ3) is 4.04. The lowest BCUT2D eigenvalue weighted by molar-refractivity contribution is -0.146. The van der Waals surface area contributed by atoms with Gasteiger partial charge in [-0.05, 0) is 24.8 Å². The minimum atomic E-state index is -0.906. The Bertz CT molecular complexity index is 488. The van der Waals surface area contributed by atoms with Gasteiger partial charge in [0, 0.05) is 0 Å². The highest BCUT2D eigenvalue weighted by Gasteiger charge is 2.38. The summed E-state index contributed by atoms with van der Waals surface area (Å²) >= 11 is 0. The second kappa shape index (κ2) is 7.22. The molecule has 114 valence electrons. The molecule has 5 nitrogen and oxygen atoms in total. The Labute approximate surface area is 124 Å². The lowest BCUT2D eigenvalue weighted by Gasteiger charge is -2.21. The van der Waals surface area contributed by atoms with Gasteiger partial charge in [0.1, 0.15) is 0 Å². The number of hydrogen-bond acceptors (Lipinski definition) is 3. The molecule has 0 heterocycles. The molecule has 0 spiro atoms. The number of nitrogens with one attached hydrogen (secondary N) is 1. The van der Waals surface area contributed by atoms with E-state index in [0.717, 1.165) is 12.0 Å². The highest BCUT2D eigenvalue weighted by atomic mass is 16.4. The first-order chi connectivity index (χ1) is 10.1. The number of hydrogen-bond donors (Lipinski definition) is 3. The predicted molar refractivity (Wildman–Crippen MR) is 77.6 cm³/mol. The Morgan fingerprint density at radius 2 is 1.86 bits per heavy atom. The molecule has 0 aromatic heterocycles. The van der Waals surface area contributed by atoms with Crippen molar-refractivity contribution in [2.24, 2.45) is 11.8 Å². The molecule has 0 aliphatic heterocycles. The van der Waals surface area contributed by atoms with E-state index >= 15 is 0 Å². The maximum Gasteiger partial charge on any atom is 0.307 e. The van der Waals surface area contributed by atoms with E-state index in [4.69, 9.17) is 5.11 Å². The molecule has 5 heteroatoms. The predicted octanol–water partition coefficient (Wildman–Crippen LogP) is 1.21. The number of carbonyl (C=O) groups excluding carboxylic acids is 1. The molecule has 1 aliphatic rings. The van der Waals surface area contributed by atoms with Crippen LogP contribution in [0.4, 0.5) is 0 Å². The second-order valence-corrected chi connectivity index (χ2v) is 5.56. The van der Waals surface area contributed by atoms with Crippen molar-refractivity contribution in [3.05, 3.63) is 35.9 Å². The molecule has 2 rings (SSSR count). The van der Waals surface area contributed by atoms with E-state index in [-0.39, 0.29) is 18.6 Å². The molecule has 1 aromatic carbocycles. The highest BCUT2D eigenvalue weighted by Crippen LogP contribution is 2.32. The monoisotopic (exact) mass is 291 g/mol. The van der Waals surface area contributed by atoms with Crippen LogP contribution in [0.1, 0.15) is 24.8 Å². The molecule has 1 fully saturated rings. The van der Waals surface area contributed by atoms with Crippen molar-refractivity contribution in [1.29, 1.82) is 0 Å². The van der Waals surface area contributed by atoms with Crippen molar-refractivity contribution in [2.45, 2.75) is 31.7 Å². The van der Waals surface area contributed by atoms with E-state index in [2.05, 4.69) is 5.32 Å². The van der Waals surface area contributed by atoms with Crippen LogP contribution in [-0.2, 0) is 16.0 Å². The van der Waals surface area contributed by atoms with Crippen LogP contribution in [-0.4, -0.2) is 34.7 Å². The van der Waals surface area contributed by atoms with Crippen molar-refractivity contribution < 1.29 is 19.8 Å². The number of carbonyl (C=O) groups is 2. The summed E-state index contributed by atoms with van der Waals surface area (Å²) in [6, 6.07) is 9.21. The quantitative estimate of drug-likeness (QED) is 0.735. The summed E-state index contributed by atoms with van der Waals surface area (Å²) in [5, 5.41) is 21.3. The average molecular weight is 291 g/mol. The van der Waals surface area contributed by atoms with Gasteiger partial charge in [0.25, 0.3) is 0 Å². The zero-order chi connectivity index (χ0) is 15.2. The lowest BCUT2D eigenvalue weighted by Crippen LogP contribution is -2.44. The maximum absolute atomic E-state index is 12.2. The summed E-state index contributed by atoms with van der Waals surface area (Å²) in [5.74, 6) is -2.24. The fourth-order valence-electron chi connectivity index (χ4n) is 2.94. The van der Waals surface area contributed by atoms with Crippen molar-refractivity contribution in [2.75, 3.05) is 6.61 Å². The first kappa shape index (κ1) is 15.5. The molecule has 1 aliphatic carbocycles. The summed E-state index contributed by atoms with van der Waals surface area (Å²) in [6.45, 7) is -0.162. The number of benzene rings is 1. The third-order valence-corrected chi connectivity index (χ3v) is 4.06. The summed E-state index contributed by atoms with van der Waals surface area (Å²) in [6.07, 6.45) is 2.45. The first-order valence-electron chi connectivity index (χ1n) is 7.29. The van der Waals surface area contributed by atoms with Crippen LogP contribution in [0.2, 0.25) is 0 Å². The van der Waals surface area contributed by atoms with Crippen LogP contribution in [0.5, 0.6) is 0 Å². The van der Waals surface area contributed by atoms with E-state index in [9.17, 15) is 14.7 Å². The molecule has 3 N–H and O–H groups in total. The number of aliphatic hydroxyl groups is 1. The Morgan fingerprint density at radius 3 is 2.48 bits per heavy atom. The van der Waals surface area contributed by atoms with Gasteiger partial charge in [-0.1, -0.05) is 36.8 Å². The zero-order valence-electron chi connectivity index (χ0n) is 11.9. The topological polar surface area (TPSA) is 86.6 Å². The van der Waals surface area contributed by atoms with Gasteiger partial charge in [-0.3, -0.25) is 9.59 Å². The first-order valence-corrected chi connectivity index (χ1v) is 7.29. The number of aliphatic hydroxyl groups excluding tert-OH is 1. The van der Waals surface area contributed by atoms with Gasteiger partial charge in [-0.2, -0.15) is 0 Å². The van der Waals surface area contributed by atoms with Crippen LogP contribution >= 0.6 is 0 Å². The fraction of sp³-hybridized carbons (Fsp3) is 0.500. The van der Waals surface area contributed by atoms with E-state index in [1.54, 1.807) is 0 Å². The SMILES string of the molecule is O=C(O)[C@H]1CCC[C@H]1C(=O)NC(CO)Cc1ccccc1. The minimum Gasteiger partial charge on any atom is -0.481 e. The molecule has 0 bridgehead atoms. The Morgan fingerprint density at radius 1 is 1.19 bits per heavy atom. The van der Waals surface area contributed by atoms with Crippen LogP contribution in [0.25, 0.3) is 0 Å². The third-order valence-electron chi connectivity index (χ3n) is 4.06. The van der Waals surface area contributed by atoms with Crippen LogP contribution in [0, 0.1) is 11.8 Å². The van der Waals surface area contributed by atoms with Crippen LogP contribution < -0.4 is 5.32 Å². The fourth-order valence-corrected chi connectivity index (χ4v) is 2.94. The molecule has 1 amide bonds. The van der Waals surface area contributed by atoms with E-state index in [0.29, 0.717) is 19.3 Å². The molecule has 1 unspecified atom stereocenters. The lowest BCUT2D eigenvalue weighted by atomic mass is 9.94. The maximum atomic E-state index is 12.2. The minimum absolute atomic E-state index is 0.162. The molecular formula is C16H21NO4. The van der Waals surface area contributed by atoms with E-state index in [1.165, 1.54) is 0 Å². The summed E-state index contributed by atoms with van der Waals surface area (Å²) in [7, 11) is 0. The van der Waals surface area contributed by atoms with E-state index in [1.807, 2.05) is 30.3 Å². The molecule has 1 aromatic rings. The van der Waals surface area contributed by atoms with Gasteiger partial charge in [-0.15, -0.1) is 0 Å². The number of carboxylic acid groups (broad SMARTS) is 1. The molecule has 3 atom stereocenters. The van der Waals surface area contributed by atoms with Gasteiger partial charge < -0.3 is 15.5 Å². The van der Waals surface area contributed by atoms with Gasteiger partial charge in [-0.25, -0.2) is 0 Å². The Hall–Kier alpha value is -1.88. The number of amides is 1. The summed E-state index contributed by atoms with van der Waals surface area (Å²) < 4.78 is 0. The van der Waals surface area contributed by atoms with Crippen LogP contribution in [0.3, 0.4) is 0 Å². The smallest absolute Gasteiger partial charge is 0.307 e. The van der Waals surface area contributed by atoms with Crippen molar-refractivity contribution in [3.63, 3.8) is 0 Å². The Kier molecular flexibility index (Phi) is 5.33. The summed E-state index contributed by atoms with van der Waals surface area (Å²) in [5.41, 5.74) is 1.03. The zero-order valence-corrected chi connectivity index (χ0v) is 11.9. The molecular weight excluding hydrogens is 270 g/mol. The molecule has 21 heavy (non-hydrogen) atoms. The van der Waals surface area contributed by atoms with Gasteiger partial charge in [0.05, 0.1) is 24.5 Å². The van der Waals surface area contributed by atoms with Gasteiger partial charge in [0.15, 0.2) is 0 Å². The highest BCUT2D eigenvalue weighted by molar-refractivity contribution is 5.85. The largest absolute Gasteiger partial charge is 0.481 e. The molecule has 0 saturated heterocycles. The average Bonchev–Trinajstić information content (AvgIpc) is 2.97. The van der Waals surface area contributed by atoms with Crippen LogP contribution in [0.15, 0.2) is 30.3 Å².